The summed E-state index contributed by atoms with van der Waals surface area (Å²) in [5, 5.41) is 9.46. The first-order valence-corrected chi connectivity index (χ1v) is 10.4. The first-order chi connectivity index (χ1) is 13.3. The van der Waals surface area contributed by atoms with E-state index in [0.29, 0.717) is 11.6 Å². The van der Waals surface area contributed by atoms with E-state index in [0.717, 1.165) is 30.1 Å². The van der Waals surface area contributed by atoms with Crippen LogP contribution in [0.5, 0.6) is 0 Å². The number of nitrogens with zero attached hydrogens (tertiary/aromatic N) is 2. The van der Waals surface area contributed by atoms with E-state index in [4.69, 9.17) is 10.4 Å². The fourth-order valence-corrected chi connectivity index (χ4v) is 5.11. The van der Waals surface area contributed by atoms with Crippen molar-refractivity contribution >= 4 is 28.8 Å². The van der Waals surface area contributed by atoms with Crippen molar-refractivity contribution in [2.24, 2.45) is 4.99 Å². The molecule has 1 saturated heterocycles. The van der Waals surface area contributed by atoms with Gasteiger partial charge in [0.15, 0.2) is 5.17 Å². The molecule has 1 N–H and O–H groups in total. The molecule has 2 aromatic rings. The predicted octanol–water partition coefficient (Wildman–Crippen LogP) is 5.64. The summed E-state index contributed by atoms with van der Waals surface area (Å²) in [5.41, 5.74) is 6.34. The van der Waals surface area contributed by atoms with Gasteiger partial charge in [-0.25, -0.2) is 4.99 Å². The van der Waals surface area contributed by atoms with Gasteiger partial charge >= 0.3 is 0 Å². The van der Waals surface area contributed by atoms with Crippen LogP contribution in [-0.2, 0) is 0 Å². The smallest absolute Gasteiger partial charge is 0.171 e. The zero-order chi connectivity index (χ0) is 18.2. The third-order valence-electron chi connectivity index (χ3n) is 5.39. The quantitative estimate of drug-likeness (QED) is 0.741. The number of rotatable bonds is 2. The summed E-state index contributed by atoms with van der Waals surface area (Å²) in [7, 11) is 0. The van der Waals surface area contributed by atoms with E-state index in [2.05, 4.69) is 71.6 Å². The fraction of sp³-hybridized carbons (Fsp3) is 0.217. The molecule has 1 fully saturated rings. The lowest BCUT2D eigenvalue weighted by Crippen LogP contribution is -2.38. The van der Waals surface area contributed by atoms with Gasteiger partial charge in [-0.2, -0.15) is 0 Å². The molecule has 0 aromatic heterocycles. The maximum Gasteiger partial charge on any atom is 0.171 e. The van der Waals surface area contributed by atoms with Crippen molar-refractivity contribution in [3.05, 3.63) is 88.6 Å². The number of amidine groups is 2. The lowest BCUT2D eigenvalue weighted by atomic mass is 9.83. The third kappa shape index (κ3) is 2.94. The molecule has 1 unspecified atom stereocenters. The van der Waals surface area contributed by atoms with Crippen LogP contribution in [0.1, 0.15) is 36.4 Å². The lowest BCUT2D eigenvalue weighted by molar-refractivity contribution is 0.473. The topological polar surface area (TPSA) is 39.5 Å². The summed E-state index contributed by atoms with van der Waals surface area (Å²) < 4.78 is 0. The normalized spacial score (nSPS) is 23.3. The van der Waals surface area contributed by atoms with Gasteiger partial charge in [0.2, 0.25) is 0 Å². The van der Waals surface area contributed by atoms with Gasteiger partial charge in [0.25, 0.3) is 0 Å². The van der Waals surface area contributed by atoms with Gasteiger partial charge in [-0.05, 0) is 47.6 Å². The van der Waals surface area contributed by atoms with Crippen molar-refractivity contribution in [2.45, 2.75) is 25.3 Å². The Morgan fingerprint density at radius 1 is 1.00 bits per heavy atom. The molecule has 134 valence electrons. The van der Waals surface area contributed by atoms with Crippen LogP contribution in [0.2, 0.25) is 0 Å². The number of benzene rings is 2. The van der Waals surface area contributed by atoms with Gasteiger partial charge in [0, 0.05) is 0 Å². The Hall–Kier alpha value is -2.59. The van der Waals surface area contributed by atoms with E-state index in [-0.39, 0.29) is 6.04 Å². The summed E-state index contributed by atoms with van der Waals surface area (Å²) in [6, 6.07) is 21.2. The summed E-state index contributed by atoms with van der Waals surface area (Å²) in [6.07, 6.45) is 5.54. The molecule has 0 amide bonds. The molecule has 3 nitrogen and oxygen atoms in total. The second kappa shape index (κ2) is 6.86. The minimum atomic E-state index is 0.107. The number of thioether (sulfide) groups is 1. The van der Waals surface area contributed by atoms with Crippen LogP contribution in [0.25, 0.3) is 6.08 Å². The first kappa shape index (κ1) is 16.6. The van der Waals surface area contributed by atoms with Crippen LogP contribution in [0.15, 0.2) is 82.5 Å². The summed E-state index contributed by atoms with van der Waals surface area (Å²) in [5.74, 6) is 1.37. The van der Waals surface area contributed by atoms with Crippen molar-refractivity contribution in [1.82, 2.24) is 4.90 Å². The first-order valence-electron chi connectivity index (χ1n) is 9.43. The SMILES string of the molecule is N=C1CSC2=NC3=C(CCC/C3=C\c3ccccc3)C(c3ccccc3)N12. The maximum atomic E-state index is 8.48. The van der Waals surface area contributed by atoms with E-state index in [1.165, 1.54) is 22.3 Å². The minimum Gasteiger partial charge on any atom is -0.297 e. The Morgan fingerprint density at radius 3 is 2.52 bits per heavy atom. The van der Waals surface area contributed by atoms with Gasteiger partial charge < -0.3 is 0 Å². The number of aliphatic imine (C=N–C) groups is 1. The molecule has 5 rings (SSSR count). The molecule has 0 bridgehead atoms. The Labute approximate surface area is 164 Å². The van der Waals surface area contributed by atoms with Crippen molar-refractivity contribution in [2.75, 3.05) is 5.75 Å². The van der Waals surface area contributed by atoms with Crippen molar-refractivity contribution in [1.29, 1.82) is 5.41 Å². The van der Waals surface area contributed by atoms with Gasteiger partial charge in [-0.3, -0.25) is 10.3 Å². The fourth-order valence-electron chi connectivity index (χ4n) is 4.19. The van der Waals surface area contributed by atoms with Crippen molar-refractivity contribution in [3.63, 3.8) is 0 Å². The molecular formula is C23H21N3S. The second-order valence-electron chi connectivity index (χ2n) is 7.12. The summed E-state index contributed by atoms with van der Waals surface area (Å²) >= 11 is 1.69. The van der Waals surface area contributed by atoms with Crippen LogP contribution in [0, 0.1) is 5.41 Å². The summed E-state index contributed by atoms with van der Waals surface area (Å²) in [6.45, 7) is 0. The molecule has 0 radical (unpaired) electrons. The van der Waals surface area contributed by atoms with Crippen LogP contribution in [0.4, 0.5) is 0 Å². The van der Waals surface area contributed by atoms with E-state index < -0.39 is 0 Å². The molecule has 4 heteroatoms. The monoisotopic (exact) mass is 371 g/mol. The maximum absolute atomic E-state index is 8.48. The molecule has 1 atom stereocenters. The van der Waals surface area contributed by atoms with Crippen LogP contribution >= 0.6 is 11.8 Å². The number of allylic oxidation sites excluding steroid dienone is 1. The Bertz CT molecular complexity index is 973. The van der Waals surface area contributed by atoms with E-state index in [1.54, 1.807) is 11.8 Å². The van der Waals surface area contributed by atoms with Gasteiger partial charge in [0.1, 0.15) is 5.84 Å². The Kier molecular flexibility index (Phi) is 4.21. The van der Waals surface area contributed by atoms with Crippen LogP contribution in [0.3, 0.4) is 0 Å². The third-order valence-corrected chi connectivity index (χ3v) is 6.35. The largest absolute Gasteiger partial charge is 0.297 e. The Balaban J connectivity index is 1.66. The average Bonchev–Trinajstić information content (AvgIpc) is 3.09. The average molecular weight is 372 g/mol. The molecule has 2 aromatic carbocycles. The number of nitrogens with one attached hydrogen (secondary N) is 1. The highest BCUT2D eigenvalue weighted by molar-refractivity contribution is 8.15. The van der Waals surface area contributed by atoms with E-state index in [1.807, 2.05) is 0 Å². The molecular weight excluding hydrogens is 350 g/mol. The van der Waals surface area contributed by atoms with Gasteiger partial charge in [0.05, 0.1) is 17.5 Å². The lowest BCUT2D eigenvalue weighted by Gasteiger charge is -2.38. The standard InChI is InChI=1S/C23H21N3S/c24-20-15-27-23-25-21-18(14-16-8-3-1-4-9-16)12-7-13-19(21)22(26(20)23)17-10-5-2-6-11-17/h1-6,8-11,14,22,24H,7,12-13,15H2/b18-14+,24-20?. The number of hydrogen-bond donors (Lipinski definition) is 1. The van der Waals surface area contributed by atoms with E-state index in [9.17, 15) is 0 Å². The molecule has 3 aliphatic rings. The second-order valence-corrected chi connectivity index (χ2v) is 8.06. The van der Waals surface area contributed by atoms with Crippen LogP contribution < -0.4 is 0 Å². The zero-order valence-electron chi connectivity index (χ0n) is 15.1. The highest BCUT2D eigenvalue weighted by Gasteiger charge is 2.40. The minimum absolute atomic E-state index is 0.107. The Morgan fingerprint density at radius 2 is 1.74 bits per heavy atom. The molecule has 1 aliphatic carbocycles. The molecule has 2 heterocycles. The van der Waals surface area contributed by atoms with E-state index >= 15 is 0 Å². The highest BCUT2D eigenvalue weighted by atomic mass is 32.2. The highest BCUT2D eigenvalue weighted by Crippen LogP contribution is 2.47. The number of fused-ring (bicyclic) bond motifs is 1. The predicted molar refractivity (Wildman–Crippen MR) is 114 cm³/mol. The van der Waals surface area contributed by atoms with Crippen molar-refractivity contribution < 1.29 is 0 Å². The number of hydrogen-bond acceptors (Lipinski definition) is 3. The van der Waals surface area contributed by atoms with Gasteiger partial charge in [-0.15, -0.1) is 0 Å². The molecule has 2 aliphatic heterocycles. The molecule has 27 heavy (non-hydrogen) atoms. The van der Waals surface area contributed by atoms with Gasteiger partial charge in [-0.1, -0.05) is 72.4 Å². The van der Waals surface area contributed by atoms with Crippen LogP contribution in [-0.4, -0.2) is 21.7 Å². The molecule has 0 spiro atoms. The van der Waals surface area contributed by atoms with Crippen molar-refractivity contribution in [3.8, 4) is 0 Å². The molecule has 0 saturated carbocycles. The summed E-state index contributed by atoms with van der Waals surface area (Å²) in [4.78, 5) is 7.19. The zero-order valence-corrected chi connectivity index (χ0v) is 15.9.